The van der Waals surface area contributed by atoms with Crippen LogP contribution in [0.4, 0.5) is 5.25 Å². The number of rotatable bonds is 0. The molecule has 0 aliphatic heterocycles. The maximum atomic E-state index is 9.80. The molecule has 0 N–H and O–H groups in total. The van der Waals surface area contributed by atoms with Gasteiger partial charge >= 0.3 is 29.7 Å². The SMILES string of the molecule is CC1=Cc2ccccc2[CH]1.[F][Zr][F]. The first kappa shape index (κ1) is 10.8. The second kappa shape index (κ2) is 5.44. The number of hydrogen-bond donors (Lipinski definition) is 0. The molecule has 13 heavy (non-hydrogen) atoms. The van der Waals surface area contributed by atoms with Gasteiger partial charge in [0.05, 0.1) is 0 Å². The Kier molecular flexibility index (Phi) is 4.51. The molecule has 67 valence electrons. The van der Waals surface area contributed by atoms with Gasteiger partial charge < -0.3 is 0 Å². The molecule has 1 aliphatic rings. The minimum absolute atomic E-state index is 1.35. The van der Waals surface area contributed by atoms with Crippen molar-refractivity contribution in [1.82, 2.24) is 0 Å². The molecule has 0 bridgehead atoms. The van der Waals surface area contributed by atoms with Crippen LogP contribution in [0.15, 0.2) is 29.8 Å². The Hall–Kier alpha value is -0.297. The van der Waals surface area contributed by atoms with Gasteiger partial charge in [-0.25, -0.2) is 0 Å². The second-order valence-corrected chi connectivity index (χ2v) is 3.08. The van der Waals surface area contributed by atoms with Crippen molar-refractivity contribution in [3.8, 4) is 0 Å². The fourth-order valence-electron chi connectivity index (χ4n) is 1.31. The van der Waals surface area contributed by atoms with E-state index in [0.717, 1.165) is 0 Å². The average molecular weight is 258 g/mol. The van der Waals surface area contributed by atoms with Gasteiger partial charge in [-0.15, -0.1) is 0 Å². The zero-order chi connectivity index (χ0) is 9.68. The standard InChI is InChI=1S/C10H9.2FH.Zr/c1-8-6-9-4-2-3-5-10(9)7-8;;;/h2-7H,1H3;2*1H;/q;;;+2/p-2. The molecule has 0 saturated heterocycles. The summed E-state index contributed by atoms with van der Waals surface area (Å²) in [6.07, 6.45) is 4.41. The molecule has 1 aromatic rings. The van der Waals surface area contributed by atoms with E-state index in [1.165, 1.54) is 16.7 Å². The van der Waals surface area contributed by atoms with E-state index < -0.39 is 24.5 Å². The summed E-state index contributed by atoms with van der Waals surface area (Å²) in [6, 6.07) is 8.42. The number of hydrogen-bond acceptors (Lipinski definition) is 0. The van der Waals surface area contributed by atoms with Gasteiger partial charge in [0.15, 0.2) is 0 Å². The third-order valence-electron chi connectivity index (χ3n) is 1.76. The van der Waals surface area contributed by atoms with E-state index in [2.05, 4.69) is 43.7 Å². The molecular weight excluding hydrogens is 249 g/mol. The summed E-state index contributed by atoms with van der Waals surface area (Å²) in [6.45, 7) is 2.12. The van der Waals surface area contributed by atoms with Crippen LogP contribution < -0.4 is 0 Å². The van der Waals surface area contributed by atoms with E-state index >= 15 is 0 Å². The van der Waals surface area contributed by atoms with Gasteiger partial charge in [-0.2, -0.15) is 0 Å². The van der Waals surface area contributed by atoms with Crippen LogP contribution in [0.3, 0.4) is 0 Å². The predicted octanol–water partition coefficient (Wildman–Crippen LogP) is 3.49. The van der Waals surface area contributed by atoms with Gasteiger partial charge in [0.25, 0.3) is 0 Å². The van der Waals surface area contributed by atoms with E-state index in [-0.39, 0.29) is 0 Å². The summed E-state index contributed by atoms with van der Waals surface area (Å²) in [5.74, 6) is 0. The van der Waals surface area contributed by atoms with Gasteiger partial charge in [0, 0.05) is 6.42 Å². The molecule has 0 aromatic heterocycles. The molecule has 0 fully saturated rings. The average Bonchev–Trinajstić information content (AvgIpc) is 2.45. The van der Waals surface area contributed by atoms with Crippen LogP contribution in [0, 0.1) is 6.42 Å². The van der Waals surface area contributed by atoms with E-state index in [4.69, 9.17) is 0 Å². The van der Waals surface area contributed by atoms with Crippen LogP contribution in [-0.2, 0) is 24.5 Å². The van der Waals surface area contributed by atoms with Crippen LogP contribution >= 0.6 is 0 Å². The minimum atomic E-state index is -2.77. The van der Waals surface area contributed by atoms with Gasteiger partial charge in [-0.1, -0.05) is 35.9 Å². The van der Waals surface area contributed by atoms with E-state index in [9.17, 15) is 5.25 Å². The van der Waals surface area contributed by atoms with Crippen molar-refractivity contribution in [2.24, 2.45) is 0 Å². The molecule has 0 amide bonds. The van der Waals surface area contributed by atoms with Gasteiger partial charge in [0.1, 0.15) is 0 Å². The molecule has 2 rings (SSSR count). The number of benzene rings is 1. The molecule has 0 saturated carbocycles. The zero-order valence-corrected chi connectivity index (χ0v) is 9.68. The molecule has 1 aromatic carbocycles. The van der Waals surface area contributed by atoms with Gasteiger partial charge in [0.2, 0.25) is 0 Å². The second-order valence-electron chi connectivity index (χ2n) is 2.73. The number of halogens is 2. The molecule has 0 atom stereocenters. The first-order valence-electron chi connectivity index (χ1n) is 3.86. The van der Waals surface area contributed by atoms with Crippen LogP contribution in [0.25, 0.3) is 6.08 Å². The van der Waals surface area contributed by atoms with Gasteiger partial charge in [-0.3, -0.25) is 0 Å². The number of allylic oxidation sites excluding steroid dienone is 1. The van der Waals surface area contributed by atoms with Crippen LogP contribution in [-0.4, -0.2) is 0 Å². The zero-order valence-electron chi connectivity index (χ0n) is 7.22. The summed E-state index contributed by atoms with van der Waals surface area (Å²) in [5.41, 5.74) is 4.04. The van der Waals surface area contributed by atoms with E-state index in [1.807, 2.05) is 0 Å². The van der Waals surface area contributed by atoms with Crippen molar-refractivity contribution < 1.29 is 29.7 Å². The normalized spacial score (nSPS) is 12.4. The molecule has 0 heterocycles. The van der Waals surface area contributed by atoms with Crippen molar-refractivity contribution >= 4 is 6.08 Å². The fourth-order valence-corrected chi connectivity index (χ4v) is 1.31. The predicted molar refractivity (Wildman–Crippen MR) is 45.7 cm³/mol. The Morgan fingerprint density at radius 3 is 2.15 bits per heavy atom. The Morgan fingerprint density at radius 1 is 1.08 bits per heavy atom. The first-order chi connectivity index (χ1) is 6.27. The van der Waals surface area contributed by atoms with Crippen LogP contribution in [0.5, 0.6) is 0 Å². The summed E-state index contributed by atoms with van der Waals surface area (Å²) in [4.78, 5) is 0. The van der Waals surface area contributed by atoms with Crippen molar-refractivity contribution in [3.63, 3.8) is 0 Å². The van der Waals surface area contributed by atoms with Crippen LogP contribution in [0.1, 0.15) is 18.1 Å². The quantitative estimate of drug-likeness (QED) is 0.668. The third kappa shape index (κ3) is 3.15. The van der Waals surface area contributed by atoms with Crippen LogP contribution in [0.2, 0.25) is 0 Å². The Bertz CT molecular complexity index is 308. The third-order valence-corrected chi connectivity index (χ3v) is 1.76. The summed E-state index contributed by atoms with van der Waals surface area (Å²) >= 11 is -2.77. The topological polar surface area (TPSA) is 0 Å². The fraction of sp³-hybridized carbons (Fsp3) is 0.100. The van der Waals surface area contributed by atoms with Crippen molar-refractivity contribution in [1.29, 1.82) is 0 Å². The molecule has 0 unspecified atom stereocenters. The Balaban J connectivity index is 0.000000251. The molecule has 3 heteroatoms. The molecular formula is C10H9F2Zr. The monoisotopic (exact) mass is 257 g/mol. The van der Waals surface area contributed by atoms with E-state index in [1.54, 1.807) is 0 Å². The number of fused-ring (bicyclic) bond motifs is 1. The molecule has 0 spiro atoms. The van der Waals surface area contributed by atoms with Crippen molar-refractivity contribution in [2.75, 3.05) is 0 Å². The van der Waals surface area contributed by atoms with Crippen molar-refractivity contribution in [2.45, 2.75) is 6.92 Å². The van der Waals surface area contributed by atoms with Gasteiger partial charge in [-0.05, 0) is 18.1 Å². The van der Waals surface area contributed by atoms with Crippen molar-refractivity contribution in [3.05, 3.63) is 47.4 Å². The summed E-state index contributed by atoms with van der Waals surface area (Å²) in [7, 11) is 0. The summed E-state index contributed by atoms with van der Waals surface area (Å²) < 4.78 is 19.6. The molecule has 1 aliphatic carbocycles. The molecule has 1 radical (unpaired) electrons. The summed E-state index contributed by atoms with van der Waals surface area (Å²) in [5, 5.41) is 0. The first-order valence-corrected chi connectivity index (χ1v) is 5.72. The molecule has 0 nitrogen and oxygen atoms in total. The van der Waals surface area contributed by atoms with E-state index in [0.29, 0.717) is 0 Å². The Morgan fingerprint density at radius 2 is 1.62 bits per heavy atom. The maximum absolute atomic E-state index is 9.80. The Labute approximate surface area is 90.0 Å².